The smallest absolute Gasteiger partial charge is 0.257 e. The molecule has 0 radical (unpaired) electrons. The van der Waals surface area contributed by atoms with Crippen LogP contribution in [0, 0.1) is 11.8 Å². The van der Waals surface area contributed by atoms with Gasteiger partial charge >= 0.3 is 0 Å². The van der Waals surface area contributed by atoms with Gasteiger partial charge in [-0.3, -0.25) is 14.5 Å². The fraction of sp³-hybridized carbons (Fsp3) is 0.500. The van der Waals surface area contributed by atoms with Crippen molar-refractivity contribution < 1.29 is 19.1 Å². The minimum absolute atomic E-state index is 0.0638. The number of fused-ring (bicyclic) bond motifs is 1. The summed E-state index contributed by atoms with van der Waals surface area (Å²) in [7, 11) is 3.52. The molecule has 0 spiro atoms. The van der Waals surface area contributed by atoms with Crippen molar-refractivity contribution in [3.05, 3.63) is 59.7 Å². The molecular weight excluding hydrogens is 442 g/mol. The molecule has 2 aliphatic rings. The molecule has 4 rings (SSSR count). The van der Waals surface area contributed by atoms with Crippen LogP contribution in [0.15, 0.2) is 48.5 Å². The Hall–Kier alpha value is -2.90. The second-order valence-corrected chi connectivity index (χ2v) is 10.0. The number of hydrogen-bond acceptors (Lipinski definition) is 5. The molecule has 35 heavy (non-hydrogen) atoms. The van der Waals surface area contributed by atoms with Gasteiger partial charge in [0.15, 0.2) is 0 Å². The summed E-state index contributed by atoms with van der Waals surface area (Å²) < 4.78 is 12.1. The molecule has 3 atom stereocenters. The number of carbonyl (C=O) groups excluding carboxylic acids is 2. The van der Waals surface area contributed by atoms with Crippen LogP contribution in [0.3, 0.4) is 0 Å². The summed E-state index contributed by atoms with van der Waals surface area (Å²) in [5.41, 5.74) is 1.64. The van der Waals surface area contributed by atoms with Crippen LogP contribution in [-0.4, -0.2) is 74.2 Å². The first-order chi connectivity index (χ1) is 16.9. The average molecular weight is 480 g/mol. The highest BCUT2D eigenvalue weighted by molar-refractivity contribution is 6.05. The average Bonchev–Trinajstić information content (AvgIpc) is 3.69. The summed E-state index contributed by atoms with van der Waals surface area (Å²) in [6, 6.07) is 14.5. The second kappa shape index (κ2) is 11.2. The third-order valence-corrected chi connectivity index (χ3v) is 7.06. The van der Waals surface area contributed by atoms with Gasteiger partial charge in [-0.25, -0.2) is 0 Å². The molecule has 1 aliphatic carbocycles. The van der Waals surface area contributed by atoms with E-state index in [0.29, 0.717) is 35.7 Å². The number of methoxy groups -OCH3 is 1. The van der Waals surface area contributed by atoms with E-state index in [1.54, 1.807) is 49.4 Å². The number of carbonyl (C=O) groups is 2. The van der Waals surface area contributed by atoms with E-state index in [-0.39, 0.29) is 29.9 Å². The van der Waals surface area contributed by atoms with Gasteiger partial charge in [-0.05, 0) is 55.9 Å². The standard InChI is InChI=1S/C28H37N3O4/c1-19-15-31(16-21-10-11-21)20(2)18-35-25-14-23(29-27(32)22-8-6-5-7-9-22)12-13-24(25)28(33)30(3)17-26(19)34-4/h5-9,12-14,19-21,26H,10-11,15-18H2,1-4H3,(H,29,32)/t19-,20+,26+/m1/s1. The predicted molar refractivity (Wildman–Crippen MR) is 137 cm³/mol. The second-order valence-electron chi connectivity index (χ2n) is 10.0. The summed E-state index contributed by atoms with van der Waals surface area (Å²) in [4.78, 5) is 30.2. The maximum Gasteiger partial charge on any atom is 0.257 e. The molecule has 2 aromatic rings. The van der Waals surface area contributed by atoms with Crippen LogP contribution >= 0.6 is 0 Å². The first kappa shape index (κ1) is 25.2. The molecule has 188 valence electrons. The van der Waals surface area contributed by atoms with E-state index in [0.717, 1.165) is 19.0 Å². The Bertz CT molecular complexity index is 1020. The Labute approximate surface area is 208 Å². The van der Waals surface area contributed by atoms with Crippen LogP contribution in [0.1, 0.15) is 47.4 Å². The maximum atomic E-state index is 13.4. The molecule has 7 heteroatoms. The molecule has 2 amide bonds. The van der Waals surface area contributed by atoms with Crippen molar-refractivity contribution in [2.45, 2.75) is 38.8 Å². The lowest BCUT2D eigenvalue weighted by molar-refractivity contribution is 0.00994. The lowest BCUT2D eigenvalue weighted by Gasteiger charge is -2.36. The van der Waals surface area contributed by atoms with Gasteiger partial charge in [0, 0.05) is 57.2 Å². The van der Waals surface area contributed by atoms with Gasteiger partial charge in [-0.2, -0.15) is 0 Å². The molecule has 0 saturated heterocycles. The minimum atomic E-state index is -0.206. The van der Waals surface area contributed by atoms with Crippen LogP contribution in [0.4, 0.5) is 5.69 Å². The van der Waals surface area contributed by atoms with E-state index < -0.39 is 0 Å². The van der Waals surface area contributed by atoms with Gasteiger partial charge in [-0.1, -0.05) is 25.1 Å². The van der Waals surface area contributed by atoms with Gasteiger partial charge in [0.25, 0.3) is 11.8 Å². The van der Waals surface area contributed by atoms with Crippen molar-refractivity contribution in [2.24, 2.45) is 11.8 Å². The van der Waals surface area contributed by atoms with E-state index in [4.69, 9.17) is 9.47 Å². The lowest BCUT2D eigenvalue weighted by atomic mass is 10.0. The molecular formula is C28H37N3O4. The third kappa shape index (κ3) is 6.41. The van der Waals surface area contributed by atoms with Crippen LogP contribution < -0.4 is 10.1 Å². The number of amides is 2. The van der Waals surface area contributed by atoms with E-state index in [1.165, 1.54) is 12.8 Å². The Balaban J connectivity index is 1.60. The van der Waals surface area contributed by atoms with Crippen LogP contribution in [0.2, 0.25) is 0 Å². The fourth-order valence-electron chi connectivity index (χ4n) is 4.60. The van der Waals surface area contributed by atoms with Crippen molar-refractivity contribution in [3.8, 4) is 5.75 Å². The quantitative estimate of drug-likeness (QED) is 0.698. The number of ether oxygens (including phenoxy) is 2. The van der Waals surface area contributed by atoms with Crippen LogP contribution in [0.5, 0.6) is 5.75 Å². The Morgan fingerprint density at radius 3 is 2.54 bits per heavy atom. The molecule has 1 aliphatic heterocycles. The largest absolute Gasteiger partial charge is 0.491 e. The van der Waals surface area contributed by atoms with Crippen molar-refractivity contribution in [3.63, 3.8) is 0 Å². The van der Waals surface area contributed by atoms with Gasteiger partial charge in [-0.15, -0.1) is 0 Å². The highest BCUT2D eigenvalue weighted by Gasteiger charge is 2.31. The molecule has 1 heterocycles. The highest BCUT2D eigenvalue weighted by atomic mass is 16.5. The van der Waals surface area contributed by atoms with Crippen molar-refractivity contribution in [1.29, 1.82) is 0 Å². The molecule has 1 N–H and O–H groups in total. The predicted octanol–water partition coefficient (Wildman–Crippen LogP) is 4.15. The fourth-order valence-corrected chi connectivity index (χ4v) is 4.60. The topological polar surface area (TPSA) is 71.1 Å². The number of hydrogen-bond donors (Lipinski definition) is 1. The van der Waals surface area contributed by atoms with Gasteiger partial charge in [0.1, 0.15) is 12.4 Å². The SMILES string of the molecule is CO[C@H]1CN(C)C(=O)c2ccc(NC(=O)c3ccccc3)cc2OC[C@H](C)N(CC2CC2)C[C@H]1C. The van der Waals surface area contributed by atoms with Crippen LogP contribution in [-0.2, 0) is 4.74 Å². The number of nitrogens with one attached hydrogen (secondary N) is 1. The number of likely N-dealkylation sites (N-methyl/N-ethyl adjacent to an activating group) is 1. The van der Waals surface area contributed by atoms with E-state index in [1.807, 2.05) is 18.2 Å². The Morgan fingerprint density at radius 1 is 1.11 bits per heavy atom. The molecule has 0 aromatic heterocycles. The zero-order valence-electron chi connectivity index (χ0n) is 21.2. The lowest BCUT2D eigenvalue weighted by Crippen LogP contribution is -2.47. The summed E-state index contributed by atoms with van der Waals surface area (Å²) in [5.74, 6) is 1.18. The van der Waals surface area contributed by atoms with Crippen molar-refractivity contribution in [1.82, 2.24) is 9.80 Å². The highest BCUT2D eigenvalue weighted by Crippen LogP contribution is 2.32. The van der Waals surface area contributed by atoms with Gasteiger partial charge in [0.05, 0.1) is 11.7 Å². The summed E-state index contributed by atoms with van der Waals surface area (Å²) in [6.45, 7) is 7.27. The van der Waals surface area contributed by atoms with Crippen molar-refractivity contribution >= 4 is 17.5 Å². The molecule has 1 saturated carbocycles. The molecule has 0 bridgehead atoms. The van der Waals surface area contributed by atoms with Gasteiger partial charge in [0.2, 0.25) is 0 Å². The normalized spacial score (nSPS) is 24.1. The van der Waals surface area contributed by atoms with Crippen LogP contribution in [0.25, 0.3) is 0 Å². The monoisotopic (exact) mass is 479 g/mol. The Kier molecular flexibility index (Phi) is 8.08. The number of anilines is 1. The molecule has 7 nitrogen and oxygen atoms in total. The Morgan fingerprint density at radius 2 is 1.86 bits per heavy atom. The molecule has 0 unspecified atom stereocenters. The summed E-state index contributed by atoms with van der Waals surface area (Å²) in [6.07, 6.45) is 2.51. The third-order valence-electron chi connectivity index (χ3n) is 7.06. The van der Waals surface area contributed by atoms with Crippen molar-refractivity contribution in [2.75, 3.05) is 45.7 Å². The number of benzene rings is 2. The van der Waals surface area contributed by atoms with Gasteiger partial charge < -0.3 is 19.7 Å². The first-order valence-electron chi connectivity index (χ1n) is 12.5. The first-order valence-corrected chi connectivity index (χ1v) is 12.5. The number of nitrogens with zero attached hydrogens (tertiary/aromatic N) is 2. The summed E-state index contributed by atoms with van der Waals surface area (Å²) >= 11 is 0. The maximum absolute atomic E-state index is 13.4. The zero-order chi connectivity index (χ0) is 24.9. The molecule has 1 fully saturated rings. The number of rotatable bonds is 5. The minimum Gasteiger partial charge on any atom is -0.491 e. The van der Waals surface area contributed by atoms with E-state index in [2.05, 4.69) is 24.1 Å². The van der Waals surface area contributed by atoms with E-state index in [9.17, 15) is 9.59 Å². The molecule has 2 aromatic carbocycles. The zero-order valence-corrected chi connectivity index (χ0v) is 21.2. The van der Waals surface area contributed by atoms with E-state index >= 15 is 0 Å². The summed E-state index contributed by atoms with van der Waals surface area (Å²) in [5, 5.41) is 2.92.